The second kappa shape index (κ2) is 8.15. The summed E-state index contributed by atoms with van der Waals surface area (Å²) in [6.45, 7) is 7.74. The van der Waals surface area contributed by atoms with Gasteiger partial charge in [0.2, 0.25) is 12.5 Å². The van der Waals surface area contributed by atoms with Crippen LogP contribution in [-0.4, -0.2) is 28.1 Å². The molecule has 1 aliphatic rings. The third-order valence-corrected chi connectivity index (χ3v) is 6.04. The number of quaternary nitrogens is 1. The van der Waals surface area contributed by atoms with E-state index in [0.29, 0.717) is 35.1 Å². The first-order chi connectivity index (χ1) is 14.9. The fourth-order valence-corrected chi connectivity index (χ4v) is 4.25. The summed E-state index contributed by atoms with van der Waals surface area (Å²) in [5.41, 5.74) is 4.96. The number of ether oxygens (including phenoxy) is 4. The lowest BCUT2D eigenvalue weighted by Crippen LogP contribution is -3.10. The standard InChI is InChI=1S/C24H27NO6/c1-13-14(2)24(26)31-22-15(3)21-17(9-18(13)22)11-25(12-30-21)10-16-7-19(27-4)23(29-6)20(8-16)28-5/h7-9H,10-12H2,1-6H3/p+1. The van der Waals surface area contributed by atoms with Crippen molar-refractivity contribution in [2.75, 3.05) is 28.1 Å². The van der Waals surface area contributed by atoms with Crippen LogP contribution in [-0.2, 0) is 13.1 Å². The SMILES string of the molecule is COc1cc(C[NH+]2COc3c(cc4c(C)c(C)c(=O)oc4c3C)C2)cc(OC)c1OC. The van der Waals surface area contributed by atoms with Crippen molar-refractivity contribution >= 4 is 11.0 Å². The Hall–Kier alpha value is -3.19. The van der Waals surface area contributed by atoms with Crippen molar-refractivity contribution in [2.45, 2.75) is 33.9 Å². The molecule has 0 bridgehead atoms. The second-order valence-corrected chi connectivity index (χ2v) is 7.93. The molecule has 1 atom stereocenters. The number of hydrogen-bond donors (Lipinski definition) is 1. The van der Waals surface area contributed by atoms with Gasteiger partial charge >= 0.3 is 5.63 Å². The number of aryl methyl sites for hydroxylation is 2. The highest BCUT2D eigenvalue weighted by atomic mass is 16.5. The fourth-order valence-electron chi connectivity index (χ4n) is 4.25. The average Bonchev–Trinajstić information content (AvgIpc) is 2.77. The Morgan fingerprint density at radius 1 is 0.935 bits per heavy atom. The van der Waals surface area contributed by atoms with E-state index in [-0.39, 0.29) is 5.63 Å². The summed E-state index contributed by atoms with van der Waals surface area (Å²) in [6.07, 6.45) is 0. The van der Waals surface area contributed by atoms with Gasteiger partial charge in [-0.1, -0.05) is 0 Å². The highest BCUT2D eigenvalue weighted by molar-refractivity contribution is 5.86. The van der Waals surface area contributed by atoms with Crippen LogP contribution in [0.4, 0.5) is 0 Å². The summed E-state index contributed by atoms with van der Waals surface area (Å²) >= 11 is 0. The molecule has 0 aliphatic carbocycles. The number of fused-ring (bicyclic) bond motifs is 2. The van der Waals surface area contributed by atoms with Gasteiger partial charge in [0.15, 0.2) is 11.5 Å². The Morgan fingerprint density at radius 2 is 1.61 bits per heavy atom. The molecule has 0 radical (unpaired) electrons. The van der Waals surface area contributed by atoms with Gasteiger partial charge in [0.25, 0.3) is 0 Å². The number of hydrogen-bond acceptors (Lipinski definition) is 6. The van der Waals surface area contributed by atoms with Crippen LogP contribution in [0.5, 0.6) is 23.0 Å². The molecule has 31 heavy (non-hydrogen) atoms. The van der Waals surface area contributed by atoms with E-state index >= 15 is 0 Å². The van der Waals surface area contributed by atoms with Gasteiger partial charge in [-0.2, -0.15) is 0 Å². The lowest BCUT2D eigenvalue weighted by atomic mass is 9.99. The molecule has 2 heterocycles. The molecule has 1 aromatic heterocycles. The van der Waals surface area contributed by atoms with Gasteiger partial charge in [-0.15, -0.1) is 0 Å². The van der Waals surface area contributed by atoms with E-state index in [9.17, 15) is 4.79 Å². The minimum atomic E-state index is -0.293. The van der Waals surface area contributed by atoms with Crippen LogP contribution in [0.25, 0.3) is 11.0 Å². The van der Waals surface area contributed by atoms with Crippen LogP contribution in [0.1, 0.15) is 27.8 Å². The monoisotopic (exact) mass is 426 g/mol. The first-order valence-corrected chi connectivity index (χ1v) is 10.2. The van der Waals surface area contributed by atoms with E-state index in [4.69, 9.17) is 23.4 Å². The van der Waals surface area contributed by atoms with Crippen molar-refractivity contribution in [1.29, 1.82) is 0 Å². The maximum atomic E-state index is 12.1. The number of nitrogens with one attached hydrogen (secondary N) is 1. The Kier molecular flexibility index (Phi) is 5.54. The van der Waals surface area contributed by atoms with E-state index in [0.717, 1.165) is 46.5 Å². The van der Waals surface area contributed by atoms with Gasteiger partial charge in [-0.05, 0) is 44.5 Å². The van der Waals surface area contributed by atoms with E-state index < -0.39 is 0 Å². The van der Waals surface area contributed by atoms with Crippen molar-refractivity contribution in [3.63, 3.8) is 0 Å². The first-order valence-electron chi connectivity index (χ1n) is 10.2. The van der Waals surface area contributed by atoms with Gasteiger partial charge in [0.1, 0.15) is 24.4 Å². The Balaban J connectivity index is 1.68. The van der Waals surface area contributed by atoms with Crippen molar-refractivity contribution < 1.29 is 28.3 Å². The van der Waals surface area contributed by atoms with Gasteiger partial charge in [-0.25, -0.2) is 4.79 Å². The van der Waals surface area contributed by atoms with Crippen LogP contribution in [0.3, 0.4) is 0 Å². The minimum Gasteiger partial charge on any atom is -0.493 e. The van der Waals surface area contributed by atoms with Crippen LogP contribution in [0, 0.1) is 20.8 Å². The topological polar surface area (TPSA) is 71.6 Å². The highest BCUT2D eigenvalue weighted by Gasteiger charge is 2.26. The minimum absolute atomic E-state index is 0.293. The smallest absolute Gasteiger partial charge is 0.339 e. The van der Waals surface area contributed by atoms with Crippen molar-refractivity contribution in [2.24, 2.45) is 0 Å². The molecule has 0 fully saturated rings. The van der Waals surface area contributed by atoms with Gasteiger partial charge in [0.05, 0.1) is 21.3 Å². The first kappa shape index (κ1) is 21.1. The molecule has 2 aromatic carbocycles. The van der Waals surface area contributed by atoms with Crippen LogP contribution < -0.4 is 29.5 Å². The summed E-state index contributed by atoms with van der Waals surface area (Å²) in [4.78, 5) is 13.4. The molecule has 1 N–H and O–H groups in total. The zero-order valence-corrected chi connectivity index (χ0v) is 18.8. The zero-order valence-electron chi connectivity index (χ0n) is 18.8. The quantitative estimate of drug-likeness (QED) is 0.633. The Labute approximate surface area is 181 Å². The maximum Gasteiger partial charge on any atom is 0.339 e. The van der Waals surface area contributed by atoms with Gasteiger partial charge in [-0.3, -0.25) is 4.90 Å². The summed E-state index contributed by atoms with van der Waals surface area (Å²) in [7, 11) is 4.83. The van der Waals surface area contributed by atoms with Crippen LogP contribution in [0.15, 0.2) is 27.4 Å². The van der Waals surface area contributed by atoms with Crippen molar-refractivity contribution in [3.8, 4) is 23.0 Å². The third-order valence-electron chi connectivity index (χ3n) is 6.04. The Bertz CT molecular complexity index is 1190. The lowest BCUT2D eigenvalue weighted by Gasteiger charge is -2.28. The van der Waals surface area contributed by atoms with Crippen molar-refractivity contribution in [1.82, 2.24) is 0 Å². The molecule has 164 valence electrons. The predicted molar refractivity (Wildman–Crippen MR) is 117 cm³/mol. The molecule has 3 aromatic rings. The van der Waals surface area contributed by atoms with E-state index in [1.165, 1.54) is 4.90 Å². The molecule has 0 amide bonds. The second-order valence-electron chi connectivity index (χ2n) is 7.93. The molecule has 0 saturated carbocycles. The lowest BCUT2D eigenvalue weighted by molar-refractivity contribution is -0.945. The van der Waals surface area contributed by atoms with Crippen LogP contribution in [0.2, 0.25) is 0 Å². The van der Waals surface area contributed by atoms with E-state index in [1.807, 2.05) is 26.0 Å². The molecule has 0 saturated heterocycles. The molecule has 1 aliphatic heterocycles. The largest absolute Gasteiger partial charge is 0.493 e. The Morgan fingerprint density at radius 3 is 2.23 bits per heavy atom. The highest BCUT2D eigenvalue weighted by Crippen LogP contribution is 2.38. The summed E-state index contributed by atoms with van der Waals surface area (Å²) in [6, 6.07) is 6.03. The molecular formula is C24H28NO6+. The third kappa shape index (κ3) is 3.59. The molecule has 7 heteroatoms. The van der Waals surface area contributed by atoms with Gasteiger partial charge < -0.3 is 23.4 Å². The maximum absolute atomic E-state index is 12.1. The fraction of sp³-hybridized carbons (Fsp3) is 0.375. The molecule has 7 nitrogen and oxygen atoms in total. The van der Waals surface area contributed by atoms with Gasteiger partial charge in [0, 0.05) is 27.6 Å². The predicted octanol–water partition coefficient (Wildman–Crippen LogP) is 2.68. The van der Waals surface area contributed by atoms with Crippen molar-refractivity contribution in [3.05, 3.63) is 56.4 Å². The summed E-state index contributed by atoms with van der Waals surface area (Å²) < 4.78 is 28.1. The molecule has 1 unspecified atom stereocenters. The number of benzene rings is 2. The van der Waals surface area contributed by atoms with E-state index in [1.54, 1.807) is 28.3 Å². The number of rotatable bonds is 5. The average molecular weight is 426 g/mol. The summed E-state index contributed by atoms with van der Waals surface area (Å²) in [5.74, 6) is 2.67. The normalized spacial score (nSPS) is 15.4. The number of methoxy groups -OCH3 is 3. The molecule has 0 spiro atoms. The zero-order chi connectivity index (χ0) is 22.3. The summed E-state index contributed by atoms with van der Waals surface area (Å²) in [5, 5.41) is 0.964. The van der Waals surface area contributed by atoms with E-state index in [2.05, 4.69) is 6.07 Å². The van der Waals surface area contributed by atoms with Crippen LogP contribution >= 0.6 is 0 Å². The molecular weight excluding hydrogens is 398 g/mol. The molecule has 4 rings (SSSR count).